The number of aromatic amines is 1. The highest BCUT2D eigenvalue weighted by Gasteiger charge is 2.14. The van der Waals surface area contributed by atoms with Gasteiger partial charge in [0.25, 0.3) is 0 Å². The lowest BCUT2D eigenvalue weighted by Gasteiger charge is -2.09. The molecule has 3 N–H and O–H groups in total. The molecule has 0 aliphatic heterocycles. The number of halogens is 2. The number of carbonyl (C=O) groups excluding carboxylic acids is 1. The van der Waals surface area contributed by atoms with Crippen molar-refractivity contribution in [2.45, 2.75) is 25.8 Å². The second-order valence-corrected chi connectivity index (χ2v) is 9.64. The predicted molar refractivity (Wildman–Crippen MR) is 149 cm³/mol. The number of imidazole rings is 1. The fraction of sp³-hybridized carbons (Fsp3) is 0.143. The van der Waals surface area contributed by atoms with Gasteiger partial charge in [-0.2, -0.15) is 0 Å². The van der Waals surface area contributed by atoms with Gasteiger partial charge in [-0.1, -0.05) is 35.3 Å². The molecule has 0 fully saturated rings. The molecule has 0 aliphatic rings. The summed E-state index contributed by atoms with van der Waals surface area (Å²) in [5.74, 6) is 2.48. The second kappa shape index (κ2) is 12.1. The second-order valence-electron chi connectivity index (χ2n) is 8.80. The third-order valence-corrected chi connectivity index (χ3v) is 6.54. The fourth-order valence-electron chi connectivity index (χ4n) is 4.02. The number of nitrogens with zero attached hydrogens (tertiary/aromatic N) is 5. The number of aryl methyl sites for hydroxylation is 1. The van der Waals surface area contributed by atoms with Gasteiger partial charge in [0.2, 0.25) is 5.91 Å². The molecule has 0 saturated carbocycles. The summed E-state index contributed by atoms with van der Waals surface area (Å²) in [4.78, 5) is 16.0. The number of benzene rings is 3. The summed E-state index contributed by atoms with van der Waals surface area (Å²) in [5.41, 5.74) is 8.81. The van der Waals surface area contributed by atoms with E-state index < -0.39 is 0 Å². The summed E-state index contributed by atoms with van der Waals surface area (Å²) < 4.78 is 7.99. The Kier molecular flexibility index (Phi) is 8.19. The Morgan fingerprint density at radius 1 is 1.03 bits per heavy atom. The maximum atomic E-state index is 11.2. The van der Waals surface area contributed by atoms with Crippen LogP contribution in [0.25, 0.3) is 22.6 Å². The minimum atomic E-state index is -0.327. The van der Waals surface area contributed by atoms with E-state index in [1.54, 1.807) is 12.1 Å². The van der Waals surface area contributed by atoms with Crippen molar-refractivity contribution in [1.29, 1.82) is 0 Å². The first-order valence-electron chi connectivity index (χ1n) is 12.2. The van der Waals surface area contributed by atoms with E-state index in [9.17, 15) is 4.79 Å². The van der Waals surface area contributed by atoms with Crippen LogP contribution in [0.5, 0.6) is 11.5 Å². The van der Waals surface area contributed by atoms with E-state index in [2.05, 4.69) is 20.6 Å². The van der Waals surface area contributed by atoms with Crippen molar-refractivity contribution in [3.05, 3.63) is 101 Å². The molecular weight excluding hydrogens is 537 g/mol. The number of H-pyrrole nitrogens is 1. The molecule has 197 valence electrons. The number of primary amides is 1. The van der Waals surface area contributed by atoms with Crippen LogP contribution in [-0.4, -0.2) is 36.1 Å². The zero-order valence-corrected chi connectivity index (χ0v) is 22.2. The Labute approximate surface area is 234 Å². The van der Waals surface area contributed by atoms with Crippen LogP contribution in [0.4, 0.5) is 0 Å². The molecule has 1 radical (unpaired) electrons. The number of amides is 1. The van der Waals surface area contributed by atoms with Crippen molar-refractivity contribution < 1.29 is 9.53 Å². The van der Waals surface area contributed by atoms with Gasteiger partial charge in [-0.25, -0.2) is 10.1 Å². The maximum absolute atomic E-state index is 11.2. The van der Waals surface area contributed by atoms with E-state index in [0.29, 0.717) is 47.4 Å². The van der Waals surface area contributed by atoms with Crippen molar-refractivity contribution in [1.82, 2.24) is 30.2 Å². The van der Waals surface area contributed by atoms with Gasteiger partial charge in [0, 0.05) is 41.7 Å². The molecule has 5 rings (SSSR count). The minimum absolute atomic E-state index is 0.302. The Balaban J connectivity index is 1.25. The lowest BCUT2D eigenvalue weighted by Crippen LogP contribution is -2.12. The molecule has 39 heavy (non-hydrogen) atoms. The molecule has 0 atom stereocenters. The molecule has 3 aromatic carbocycles. The van der Waals surface area contributed by atoms with Crippen LogP contribution in [0.2, 0.25) is 10.0 Å². The van der Waals surface area contributed by atoms with E-state index in [-0.39, 0.29) is 5.91 Å². The number of nitrogens with two attached hydrogens (primary N) is 1. The summed E-state index contributed by atoms with van der Waals surface area (Å²) in [6.45, 7) is 0.603. The zero-order chi connectivity index (χ0) is 27.2. The summed E-state index contributed by atoms with van der Waals surface area (Å²) >= 11 is 12.5. The van der Waals surface area contributed by atoms with Gasteiger partial charge in [0.15, 0.2) is 5.82 Å². The fourth-order valence-corrected chi connectivity index (χ4v) is 4.53. The third-order valence-electron chi connectivity index (χ3n) is 5.99. The van der Waals surface area contributed by atoms with Crippen molar-refractivity contribution in [2.75, 3.05) is 0 Å². The lowest BCUT2D eigenvalue weighted by molar-refractivity contribution is -0.118. The van der Waals surface area contributed by atoms with Crippen LogP contribution < -0.4 is 10.5 Å². The van der Waals surface area contributed by atoms with Gasteiger partial charge in [-0.15, -0.1) is 5.10 Å². The Morgan fingerprint density at radius 3 is 2.44 bits per heavy atom. The van der Waals surface area contributed by atoms with Crippen LogP contribution in [-0.2, 0) is 17.8 Å². The lowest BCUT2D eigenvalue weighted by atomic mass is 10.1. The highest BCUT2D eigenvalue weighted by Crippen LogP contribution is 2.31. The highest BCUT2D eigenvalue weighted by molar-refractivity contribution is 6.36. The molecule has 0 unspecified atom stereocenters. The standard InChI is InChI=1S/C28H24Cl2N7O2/c29-20-8-13-23(24(30)16-20)25-17-37(15-1-2-26(31)38)27(32-25)14-5-18-3-9-21(10-4-18)39-22-11-6-19(7-12-22)28-33-35-36-34-28/h3-4,6-14,16-17H,1-2,5,15H2,(H2,31,38)(H,33,34,35,36). The monoisotopic (exact) mass is 560 g/mol. The van der Waals surface area contributed by atoms with E-state index in [4.69, 9.17) is 38.7 Å². The average Bonchev–Trinajstić information content (AvgIpc) is 3.59. The normalized spacial score (nSPS) is 11.0. The average molecular weight is 561 g/mol. The van der Waals surface area contributed by atoms with Gasteiger partial charge >= 0.3 is 0 Å². The third kappa shape index (κ3) is 6.81. The number of hydrogen-bond donors (Lipinski definition) is 2. The molecule has 2 heterocycles. The van der Waals surface area contributed by atoms with Crippen LogP contribution in [0.1, 0.15) is 24.2 Å². The van der Waals surface area contributed by atoms with Crippen molar-refractivity contribution in [2.24, 2.45) is 5.73 Å². The molecule has 0 aliphatic carbocycles. The molecule has 1 amide bonds. The first-order valence-corrected chi connectivity index (χ1v) is 13.0. The molecule has 11 heteroatoms. The number of rotatable bonds is 11. The molecule has 9 nitrogen and oxygen atoms in total. The molecule has 0 saturated heterocycles. The van der Waals surface area contributed by atoms with E-state index in [1.807, 2.05) is 71.8 Å². The molecule has 5 aromatic rings. The van der Waals surface area contributed by atoms with Crippen molar-refractivity contribution in [3.63, 3.8) is 0 Å². The van der Waals surface area contributed by atoms with Gasteiger partial charge in [0.1, 0.15) is 17.3 Å². The van der Waals surface area contributed by atoms with Crippen molar-refractivity contribution >= 4 is 29.1 Å². The topological polar surface area (TPSA) is 125 Å². The van der Waals surface area contributed by atoms with Crippen molar-refractivity contribution in [3.8, 4) is 34.1 Å². The Hall–Kier alpha value is -4.21. The number of tetrazole rings is 1. The zero-order valence-electron chi connectivity index (χ0n) is 20.7. The maximum Gasteiger partial charge on any atom is 0.217 e. The van der Waals surface area contributed by atoms with Gasteiger partial charge in [-0.3, -0.25) is 4.79 Å². The van der Waals surface area contributed by atoms with Crippen LogP contribution >= 0.6 is 23.2 Å². The summed E-state index contributed by atoms with van der Waals surface area (Å²) in [6.07, 6.45) is 5.55. The van der Waals surface area contributed by atoms with Gasteiger partial charge < -0.3 is 15.0 Å². The first-order chi connectivity index (χ1) is 18.9. The van der Waals surface area contributed by atoms with E-state index >= 15 is 0 Å². The molecule has 2 aromatic heterocycles. The SMILES string of the molecule is NC(=O)CCCn1cc(-c2ccc(Cl)cc2Cl)nc1[CH]Cc1ccc(Oc2ccc(-c3nnn[nH]3)cc2)cc1. The van der Waals surface area contributed by atoms with Gasteiger partial charge in [-0.05, 0) is 83.4 Å². The van der Waals surface area contributed by atoms with E-state index in [0.717, 1.165) is 34.0 Å². The minimum Gasteiger partial charge on any atom is -0.457 e. The molecule has 0 bridgehead atoms. The molecular formula is C28H24Cl2N7O2. The van der Waals surface area contributed by atoms with Crippen LogP contribution in [0, 0.1) is 6.42 Å². The number of nitrogens with one attached hydrogen (secondary N) is 1. The predicted octanol–water partition coefficient (Wildman–Crippen LogP) is 5.89. The quantitative estimate of drug-likeness (QED) is 0.207. The smallest absolute Gasteiger partial charge is 0.217 e. The highest BCUT2D eigenvalue weighted by atomic mass is 35.5. The largest absolute Gasteiger partial charge is 0.457 e. The Bertz CT molecular complexity index is 1550. The van der Waals surface area contributed by atoms with E-state index in [1.165, 1.54) is 0 Å². The summed E-state index contributed by atoms with van der Waals surface area (Å²) in [6, 6.07) is 20.7. The van der Waals surface area contributed by atoms with Crippen LogP contribution in [0.3, 0.4) is 0 Å². The number of ether oxygens (including phenoxy) is 1. The summed E-state index contributed by atoms with van der Waals surface area (Å²) in [7, 11) is 0. The van der Waals surface area contributed by atoms with Crippen LogP contribution in [0.15, 0.2) is 72.9 Å². The first kappa shape index (κ1) is 26.4. The summed E-state index contributed by atoms with van der Waals surface area (Å²) in [5, 5.41) is 14.9. The number of hydrogen-bond acceptors (Lipinski definition) is 6. The number of carbonyl (C=O) groups is 1. The Morgan fingerprint density at radius 2 is 1.77 bits per heavy atom. The molecule has 0 spiro atoms. The van der Waals surface area contributed by atoms with Gasteiger partial charge in [0.05, 0.1) is 10.7 Å². The number of aromatic nitrogens is 6.